The van der Waals surface area contributed by atoms with Gasteiger partial charge in [0.05, 0.1) is 11.6 Å². The number of ether oxygens (including phenoxy) is 1. The van der Waals surface area contributed by atoms with Gasteiger partial charge in [-0.25, -0.2) is 4.79 Å². The molecule has 1 rings (SSSR count). The van der Waals surface area contributed by atoms with Gasteiger partial charge in [0.2, 0.25) is 0 Å². The number of hydrogen-bond donors (Lipinski definition) is 2. The maximum atomic E-state index is 12.2. The molecule has 0 aromatic rings. The van der Waals surface area contributed by atoms with Crippen molar-refractivity contribution in [3.63, 3.8) is 0 Å². The minimum absolute atomic E-state index is 0.0920. The third-order valence-electron chi connectivity index (χ3n) is 3.41. The predicted molar refractivity (Wildman–Crippen MR) is 72.8 cm³/mol. The lowest BCUT2D eigenvalue weighted by Crippen LogP contribution is -2.57. The van der Waals surface area contributed by atoms with E-state index in [4.69, 9.17) is 4.74 Å². The van der Waals surface area contributed by atoms with Gasteiger partial charge in [0.15, 0.2) is 0 Å². The molecule has 5 heteroatoms. The highest BCUT2D eigenvalue weighted by Gasteiger charge is 2.41. The number of piperidine rings is 1. The van der Waals surface area contributed by atoms with E-state index in [0.717, 1.165) is 6.42 Å². The van der Waals surface area contributed by atoms with E-state index in [0.29, 0.717) is 13.0 Å². The van der Waals surface area contributed by atoms with Gasteiger partial charge in [-0.05, 0) is 53.4 Å². The number of carbonyl (C=O) groups excluding carboxylic acids is 1. The van der Waals surface area contributed by atoms with Crippen molar-refractivity contribution < 1.29 is 19.7 Å². The normalized spacial score (nSPS) is 25.3. The van der Waals surface area contributed by atoms with E-state index in [1.165, 1.54) is 0 Å². The second-order valence-electron chi connectivity index (χ2n) is 6.92. The molecular weight excluding hydrogens is 246 g/mol. The van der Waals surface area contributed by atoms with Gasteiger partial charge in [-0.15, -0.1) is 0 Å². The summed E-state index contributed by atoms with van der Waals surface area (Å²) in [5.74, 6) is 0.134. The highest BCUT2D eigenvalue weighted by molar-refractivity contribution is 5.69. The van der Waals surface area contributed by atoms with Crippen molar-refractivity contribution in [1.82, 2.24) is 4.90 Å². The van der Waals surface area contributed by atoms with Crippen LogP contribution in [0, 0.1) is 5.92 Å². The third kappa shape index (κ3) is 4.66. The van der Waals surface area contributed by atoms with Crippen molar-refractivity contribution in [2.24, 2.45) is 5.92 Å². The minimum Gasteiger partial charge on any atom is -0.444 e. The van der Waals surface area contributed by atoms with Crippen LogP contribution in [0.1, 0.15) is 47.5 Å². The molecule has 0 aromatic heterocycles. The van der Waals surface area contributed by atoms with Gasteiger partial charge in [0.25, 0.3) is 0 Å². The van der Waals surface area contributed by atoms with Crippen molar-refractivity contribution in [3.05, 3.63) is 0 Å². The molecule has 0 aliphatic carbocycles. The maximum Gasteiger partial charge on any atom is 0.410 e. The molecule has 0 aromatic carbocycles. The Morgan fingerprint density at radius 2 is 1.89 bits per heavy atom. The quantitative estimate of drug-likeness (QED) is 0.804. The average Bonchev–Trinajstić information content (AvgIpc) is 2.24. The molecule has 0 bridgehead atoms. The van der Waals surface area contributed by atoms with Crippen LogP contribution in [0.3, 0.4) is 0 Å². The monoisotopic (exact) mass is 273 g/mol. The van der Waals surface area contributed by atoms with Gasteiger partial charge < -0.3 is 19.8 Å². The van der Waals surface area contributed by atoms with Gasteiger partial charge in [-0.2, -0.15) is 0 Å². The Hall–Kier alpha value is -0.810. The minimum atomic E-state index is -1.01. The summed E-state index contributed by atoms with van der Waals surface area (Å²) in [7, 11) is 0. The number of amides is 1. The molecule has 1 heterocycles. The molecule has 1 saturated heterocycles. The largest absolute Gasteiger partial charge is 0.444 e. The number of aliphatic hydroxyl groups excluding tert-OH is 1. The molecule has 1 amide bonds. The lowest BCUT2D eigenvalue weighted by molar-refractivity contribution is -0.0623. The van der Waals surface area contributed by atoms with Gasteiger partial charge in [0, 0.05) is 13.2 Å². The summed E-state index contributed by atoms with van der Waals surface area (Å²) in [4.78, 5) is 13.8. The lowest BCUT2D eigenvalue weighted by atomic mass is 9.83. The van der Waals surface area contributed by atoms with Crippen LogP contribution in [0.25, 0.3) is 0 Å². The van der Waals surface area contributed by atoms with Gasteiger partial charge >= 0.3 is 6.09 Å². The van der Waals surface area contributed by atoms with Crippen molar-refractivity contribution in [2.75, 3.05) is 13.2 Å². The van der Waals surface area contributed by atoms with E-state index in [9.17, 15) is 15.0 Å². The predicted octanol–water partition coefficient (Wildman–Crippen LogP) is 1.77. The van der Waals surface area contributed by atoms with Gasteiger partial charge in [-0.1, -0.05) is 0 Å². The van der Waals surface area contributed by atoms with Gasteiger partial charge in [-0.3, -0.25) is 0 Å². The smallest absolute Gasteiger partial charge is 0.410 e. The first-order valence-corrected chi connectivity index (χ1v) is 6.87. The number of carbonyl (C=O) groups is 1. The van der Waals surface area contributed by atoms with Crippen LogP contribution in [-0.2, 0) is 4.74 Å². The number of rotatable bonds is 2. The summed E-state index contributed by atoms with van der Waals surface area (Å²) in [5.41, 5.74) is -1.56. The van der Waals surface area contributed by atoms with E-state index in [2.05, 4.69) is 0 Å². The first kappa shape index (κ1) is 16.2. The van der Waals surface area contributed by atoms with Gasteiger partial charge in [0.1, 0.15) is 5.60 Å². The maximum absolute atomic E-state index is 12.2. The Balaban J connectivity index is 2.82. The lowest BCUT2D eigenvalue weighted by Gasteiger charge is -2.44. The molecule has 1 aliphatic heterocycles. The fourth-order valence-corrected chi connectivity index (χ4v) is 2.41. The molecule has 0 radical (unpaired) electrons. The van der Waals surface area contributed by atoms with E-state index >= 15 is 0 Å². The summed E-state index contributed by atoms with van der Waals surface area (Å²) < 4.78 is 5.38. The molecule has 1 aliphatic rings. The second kappa shape index (κ2) is 5.67. The zero-order valence-corrected chi connectivity index (χ0v) is 12.6. The molecule has 19 heavy (non-hydrogen) atoms. The van der Waals surface area contributed by atoms with Crippen molar-refractivity contribution >= 4 is 6.09 Å². The van der Waals surface area contributed by atoms with Crippen molar-refractivity contribution in [1.29, 1.82) is 0 Å². The number of likely N-dealkylation sites (tertiary alicyclic amines) is 1. The molecule has 112 valence electrons. The summed E-state index contributed by atoms with van der Waals surface area (Å²) in [5, 5.41) is 19.5. The Morgan fingerprint density at radius 3 is 2.32 bits per heavy atom. The van der Waals surface area contributed by atoms with Crippen LogP contribution in [0.2, 0.25) is 0 Å². The summed E-state index contributed by atoms with van der Waals surface area (Å²) >= 11 is 0. The van der Waals surface area contributed by atoms with E-state index in [1.807, 2.05) is 20.8 Å². The van der Waals surface area contributed by atoms with E-state index in [-0.39, 0.29) is 18.6 Å². The zero-order chi connectivity index (χ0) is 14.8. The van der Waals surface area contributed by atoms with Crippen molar-refractivity contribution in [2.45, 2.75) is 64.7 Å². The molecule has 0 saturated carbocycles. The van der Waals surface area contributed by atoms with E-state index in [1.54, 1.807) is 18.7 Å². The Bertz CT molecular complexity index is 316. The summed E-state index contributed by atoms with van der Waals surface area (Å²) in [6.45, 7) is 9.45. The number of nitrogens with zero attached hydrogens (tertiary/aromatic N) is 1. The van der Waals surface area contributed by atoms with E-state index < -0.39 is 17.3 Å². The second-order valence-corrected chi connectivity index (χ2v) is 6.92. The molecule has 5 nitrogen and oxygen atoms in total. The molecular formula is C14H27NO4. The molecule has 2 N–H and O–H groups in total. The van der Waals surface area contributed by atoms with Crippen molar-refractivity contribution in [3.8, 4) is 0 Å². The first-order valence-electron chi connectivity index (χ1n) is 6.87. The zero-order valence-electron chi connectivity index (χ0n) is 12.6. The standard InChI is InChI=1S/C14H27NO4/c1-13(2,3)19-12(17)15-7-6-10(9-16)8-11(15)14(4,5)18/h10-11,16,18H,6-9H2,1-5H3. The van der Waals surface area contributed by atoms with Crippen LogP contribution in [0.4, 0.5) is 4.79 Å². The number of hydrogen-bond acceptors (Lipinski definition) is 4. The highest BCUT2D eigenvalue weighted by Crippen LogP contribution is 2.30. The van der Waals surface area contributed by atoms with Crippen LogP contribution < -0.4 is 0 Å². The Kier molecular flexibility index (Phi) is 4.85. The molecule has 1 fully saturated rings. The SMILES string of the molecule is CC(C)(C)OC(=O)N1CCC(CO)CC1C(C)(C)O. The fourth-order valence-electron chi connectivity index (χ4n) is 2.41. The Labute approximate surface area is 115 Å². The summed E-state index contributed by atoms with van der Waals surface area (Å²) in [6.07, 6.45) is 0.942. The molecule has 2 unspecified atom stereocenters. The number of aliphatic hydroxyl groups is 2. The fraction of sp³-hybridized carbons (Fsp3) is 0.929. The van der Waals surface area contributed by atoms with Crippen LogP contribution in [-0.4, -0.2) is 51.6 Å². The average molecular weight is 273 g/mol. The highest BCUT2D eigenvalue weighted by atomic mass is 16.6. The topological polar surface area (TPSA) is 70.0 Å². The Morgan fingerprint density at radius 1 is 1.32 bits per heavy atom. The molecule has 2 atom stereocenters. The molecule has 0 spiro atoms. The first-order chi connectivity index (χ1) is 8.54. The van der Waals surface area contributed by atoms with Crippen LogP contribution >= 0.6 is 0 Å². The summed E-state index contributed by atoms with van der Waals surface area (Å²) in [6, 6.07) is -0.326. The van der Waals surface area contributed by atoms with Crippen LogP contribution in [0.15, 0.2) is 0 Å². The third-order valence-corrected chi connectivity index (χ3v) is 3.41. The van der Waals surface area contributed by atoms with Crippen LogP contribution in [0.5, 0.6) is 0 Å².